The van der Waals surface area contributed by atoms with Gasteiger partial charge in [0.2, 0.25) is 11.8 Å². The van der Waals surface area contributed by atoms with E-state index >= 15 is 0 Å². The number of nitrogens with one attached hydrogen (secondary N) is 1. The van der Waals surface area contributed by atoms with Crippen LogP contribution in [-0.2, 0) is 21.9 Å². The molecule has 0 aliphatic heterocycles. The Balaban J connectivity index is 1.70. The summed E-state index contributed by atoms with van der Waals surface area (Å²) in [5, 5.41) is 5.21. The summed E-state index contributed by atoms with van der Waals surface area (Å²) in [6.45, 7) is 1.98. The summed E-state index contributed by atoms with van der Waals surface area (Å²) in [4.78, 5) is 27.8. The number of hydrogen-bond acceptors (Lipinski definition) is 3. The molecule has 1 aliphatic carbocycles. The maximum absolute atomic E-state index is 13.2. The lowest BCUT2D eigenvalue weighted by Gasteiger charge is -2.30. The fourth-order valence-electron chi connectivity index (χ4n) is 3.78. The molecule has 1 N–H and O–H groups in total. The number of carbonyl (C=O) groups is 2. The van der Waals surface area contributed by atoms with E-state index in [9.17, 15) is 9.59 Å². The van der Waals surface area contributed by atoms with Crippen LogP contribution in [0.4, 0.5) is 0 Å². The second-order valence-electron chi connectivity index (χ2n) is 8.15. The van der Waals surface area contributed by atoms with Gasteiger partial charge in [-0.2, -0.15) is 0 Å². The molecule has 3 rings (SSSR count). The lowest BCUT2D eigenvalue weighted by Crippen LogP contribution is -2.50. The van der Waals surface area contributed by atoms with Crippen LogP contribution in [0.15, 0.2) is 36.4 Å². The van der Waals surface area contributed by atoms with Crippen LogP contribution in [0.5, 0.6) is 0 Å². The summed E-state index contributed by atoms with van der Waals surface area (Å²) in [6.07, 6.45) is 4.19. The van der Waals surface area contributed by atoms with E-state index in [1.54, 1.807) is 42.2 Å². The van der Waals surface area contributed by atoms with E-state index in [0.717, 1.165) is 36.8 Å². The van der Waals surface area contributed by atoms with Crippen LogP contribution >= 0.6 is 58.2 Å². The minimum absolute atomic E-state index is 0.147. The fourth-order valence-corrected chi connectivity index (χ4v) is 5.71. The number of hydrogen-bond donors (Lipinski definition) is 1. The standard InChI is InChI=1S/C24H26Cl4N2O2S/c1-15(24(32)29-20-4-2-3-5-20)30(12-16-6-8-18(25)10-21(16)27)23(31)14-33-13-17-7-9-19(26)11-22(17)28/h6-11,15,20H,2-5,12-14H2,1H3,(H,29,32). The molecule has 1 unspecified atom stereocenters. The molecule has 2 amide bonds. The smallest absolute Gasteiger partial charge is 0.242 e. The Morgan fingerprint density at radius 2 is 1.58 bits per heavy atom. The number of halogens is 4. The van der Waals surface area contributed by atoms with Crippen molar-refractivity contribution in [2.24, 2.45) is 0 Å². The first-order valence-corrected chi connectivity index (χ1v) is 13.5. The third-order valence-electron chi connectivity index (χ3n) is 5.72. The van der Waals surface area contributed by atoms with E-state index in [-0.39, 0.29) is 30.2 Å². The van der Waals surface area contributed by atoms with Gasteiger partial charge in [-0.15, -0.1) is 11.8 Å². The number of thioether (sulfide) groups is 1. The Kier molecular flexibility index (Phi) is 10.1. The zero-order valence-electron chi connectivity index (χ0n) is 18.3. The van der Waals surface area contributed by atoms with Gasteiger partial charge in [-0.3, -0.25) is 9.59 Å². The molecule has 0 aromatic heterocycles. The third kappa shape index (κ3) is 7.69. The normalized spacial score (nSPS) is 14.8. The molecular weight excluding hydrogens is 522 g/mol. The number of amides is 2. The zero-order valence-corrected chi connectivity index (χ0v) is 22.1. The van der Waals surface area contributed by atoms with Crippen LogP contribution in [0.1, 0.15) is 43.7 Å². The van der Waals surface area contributed by atoms with E-state index in [4.69, 9.17) is 46.4 Å². The first kappa shape index (κ1) is 26.5. The second kappa shape index (κ2) is 12.6. The molecule has 4 nitrogen and oxygen atoms in total. The van der Waals surface area contributed by atoms with Crippen molar-refractivity contribution >= 4 is 70.0 Å². The van der Waals surface area contributed by atoms with Gasteiger partial charge in [-0.25, -0.2) is 0 Å². The highest BCUT2D eigenvalue weighted by molar-refractivity contribution is 7.99. The van der Waals surface area contributed by atoms with Crippen LogP contribution in [0, 0.1) is 0 Å². The van der Waals surface area contributed by atoms with Crippen molar-refractivity contribution in [3.8, 4) is 0 Å². The molecule has 33 heavy (non-hydrogen) atoms. The van der Waals surface area contributed by atoms with Gasteiger partial charge in [0.15, 0.2) is 0 Å². The molecular formula is C24H26Cl4N2O2S. The summed E-state index contributed by atoms with van der Waals surface area (Å²) in [5.74, 6) is 0.460. The topological polar surface area (TPSA) is 49.4 Å². The molecule has 178 valence electrons. The van der Waals surface area contributed by atoms with Crippen molar-refractivity contribution in [1.29, 1.82) is 0 Å². The summed E-state index contributed by atoms with van der Waals surface area (Å²) < 4.78 is 0. The Morgan fingerprint density at radius 1 is 1.00 bits per heavy atom. The van der Waals surface area contributed by atoms with Crippen molar-refractivity contribution in [2.45, 2.75) is 57.0 Å². The van der Waals surface area contributed by atoms with Crippen molar-refractivity contribution in [3.05, 3.63) is 67.6 Å². The number of nitrogens with zero attached hydrogens (tertiary/aromatic N) is 1. The van der Waals surface area contributed by atoms with Crippen LogP contribution in [0.2, 0.25) is 20.1 Å². The van der Waals surface area contributed by atoms with Crippen LogP contribution in [0.3, 0.4) is 0 Å². The molecule has 2 aromatic carbocycles. The molecule has 1 fully saturated rings. The molecule has 0 radical (unpaired) electrons. The average molecular weight is 548 g/mol. The molecule has 0 saturated heterocycles. The van der Waals surface area contributed by atoms with Crippen molar-refractivity contribution in [3.63, 3.8) is 0 Å². The molecule has 1 saturated carbocycles. The quantitative estimate of drug-likeness (QED) is 0.367. The van der Waals surface area contributed by atoms with Crippen molar-refractivity contribution in [1.82, 2.24) is 10.2 Å². The van der Waals surface area contributed by atoms with Crippen LogP contribution < -0.4 is 5.32 Å². The van der Waals surface area contributed by atoms with E-state index in [1.165, 1.54) is 11.8 Å². The van der Waals surface area contributed by atoms with Gasteiger partial charge in [0, 0.05) is 38.4 Å². The predicted octanol–water partition coefficient (Wildman–Crippen LogP) is 7.01. The summed E-state index contributed by atoms with van der Waals surface area (Å²) in [7, 11) is 0. The molecule has 0 heterocycles. The highest BCUT2D eigenvalue weighted by Gasteiger charge is 2.28. The average Bonchev–Trinajstić information content (AvgIpc) is 3.27. The van der Waals surface area contributed by atoms with Crippen LogP contribution in [0.25, 0.3) is 0 Å². The SMILES string of the molecule is CC(C(=O)NC1CCCC1)N(Cc1ccc(Cl)cc1Cl)C(=O)CSCc1ccc(Cl)cc1Cl. The van der Waals surface area contributed by atoms with E-state index in [0.29, 0.717) is 25.8 Å². The molecule has 1 atom stereocenters. The molecule has 2 aromatic rings. The van der Waals surface area contributed by atoms with E-state index in [1.807, 2.05) is 6.07 Å². The molecule has 9 heteroatoms. The minimum Gasteiger partial charge on any atom is -0.352 e. The van der Waals surface area contributed by atoms with Gasteiger partial charge in [-0.05, 0) is 55.2 Å². The van der Waals surface area contributed by atoms with Gasteiger partial charge >= 0.3 is 0 Å². The fraction of sp³-hybridized carbons (Fsp3) is 0.417. The minimum atomic E-state index is -0.635. The van der Waals surface area contributed by atoms with E-state index in [2.05, 4.69) is 5.32 Å². The largest absolute Gasteiger partial charge is 0.352 e. The van der Waals surface area contributed by atoms with Gasteiger partial charge in [0.1, 0.15) is 6.04 Å². The van der Waals surface area contributed by atoms with Crippen molar-refractivity contribution in [2.75, 3.05) is 5.75 Å². The Bertz CT molecular complexity index is 998. The number of rotatable bonds is 9. The van der Waals surface area contributed by atoms with E-state index < -0.39 is 6.04 Å². The van der Waals surface area contributed by atoms with Crippen molar-refractivity contribution < 1.29 is 9.59 Å². The van der Waals surface area contributed by atoms with Gasteiger partial charge < -0.3 is 10.2 Å². The second-order valence-corrected chi connectivity index (χ2v) is 10.8. The highest BCUT2D eigenvalue weighted by atomic mass is 35.5. The highest BCUT2D eigenvalue weighted by Crippen LogP contribution is 2.27. The Morgan fingerprint density at radius 3 is 2.15 bits per heavy atom. The molecule has 1 aliphatic rings. The van der Waals surface area contributed by atoms with Crippen LogP contribution in [-0.4, -0.2) is 34.6 Å². The monoisotopic (exact) mass is 546 g/mol. The predicted molar refractivity (Wildman–Crippen MR) is 139 cm³/mol. The maximum Gasteiger partial charge on any atom is 0.242 e. The lowest BCUT2D eigenvalue weighted by atomic mass is 10.1. The Labute approximate surface area is 219 Å². The zero-order chi connectivity index (χ0) is 24.0. The molecule has 0 spiro atoms. The summed E-state index contributed by atoms with van der Waals surface area (Å²) >= 11 is 26.0. The van der Waals surface area contributed by atoms with Gasteiger partial charge in [-0.1, -0.05) is 71.4 Å². The lowest BCUT2D eigenvalue weighted by molar-refractivity contribution is -0.138. The first-order chi connectivity index (χ1) is 15.7. The summed E-state index contributed by atoms with van der Waals surface area (Å²) in [5.41, 5.74) is 1.64. The van der Waals surface area contributed by atoms with Gasteiger partial charge in [0.25, 0.3) is 0 Å². The van der Waals surface area contributed by atoms with Gasteiger partial charge in [0.05, 0.1) is 5.75 Å². The first-order valence-electron chi connectivity index (χ1n) is 10.8. The third-order valence-corrected chi connectivity index (χ3v) is 7.86. The molecule has 0 bridgehead atoms. The summed E-state index contributed by atoms with van der Waals surface area (Å²) in [6, 6.07) is 10.0. The number of benzene rings is 2. The Hall–Kier alpha value is -1.11. The number of carbonyl (C=O) groups excluding carboxylic acids is 2. The maximum atomic E-state index is 13.2.